The Kier molecular flexibility index (Phi) is 4.51. The number of ether oxygens (including phenoxy) is 2. The molecular weight excluding hydrogens is 290 g/mol. The number of carbonyl (C=O) groups excluding carboxylic acids is 1. The fraction of sp³-hybridized carbons (Fsp3) is 0.316. The van der Waals surface area contributed by atoms with Gasteiger partial charge in [-0.15, -0.1) is 0 Å². The summed E-state index contributed by atoms with van der Waals surface area (Å²) >= 11 is 0. The van der Waals surface area contributed by atoms with Gasteiger partial charge in [-0.2, -0.15) is 0 Å². The van der Waals surface area contributed by atoms with Gasteiger partial charge in [0.25, 0.3) is 5.91 Å². The van der Waals surface area contributed by atoms with Crippen LogP contribution in [0.5, 0.6) is 11.5 Å². The van der Waals surface area contributed by atoms with E-state index in [4.69, 9.17) is 9.47 Å². The molecule has 2 aromatic carbocycles. The van der Waals surface area contributed by atoms with E-state index < -0.39 is 0 Å². The highest BCUT2D eigenvalue weighted by atomic mass is 16.5. The van der Waals surface area contributed by atoms with Crippen molar-refractivity contribution >= 4 is 11.6 Å². The second-order valence-corrected chi connectivity index (χ2v) is 5.91. The number of rotatable bonds is 4. The average molecular weight is 311 g/mol. The zero-order valence-corrected chi connectivity index (χ0v) is 13.5. The molecule has 3 rings (SSSR count). The monoisotopic (exact) mass is 311 g/mol. The third-order valence-electron chi connectivity index (χ3n) is 4.05. The Hall–Kier alpha value is -2.49. The van der Waals surface area contributed by atoms with Crippen molar-refractivity contribution in [3.63, 3.8) is 0 Å². The Morgan fingerprint density at radius 1 is 1.17 bits per heavy atom. The lowest BCUT2D eigenvalue weighted by Gasteiger charge is -2.33. The van der Waals surface area contributed by atoms with Gasteiger partial charge in [-0.3, -0.25) is 4.79 Å². The van der Waals surface area contributed by atoms with Crippen LogP contribution < -0.4 is 14.4 Å². The number of amides is 1. The van der Waals surface area contributed by atoms with E-state index in [1.165, 1.54) is 0 Å². The Balaban J connectivity index is 1.76. The molecule has 0 radical (unpaired) electrons. The van der Waals surface area contributed by atoms with Crippen molar-refractivity contribution in [1.82, 2.24) is 0 Å². The molecule has 1 amide bonds. The lowest BCUT2D eigenvalue weighted by atomic mass is 9.93. The van der Waals surface area contributed by atoms with Crippen LogP contribution in [0.15, 0.2) is 48.5 Å². The SMILES string of the molecule is COc1ccc2c(c1)CC(C)CN2C(=O)COc1ccccc1. The fourth-order valence-electron chi connectivity index (χ4n) is 2.94. The van der Waals surface area contributed by atoms with Gasteiger partial charge in [-0.25, -0.2) is 0 Å². The molecular formula is C19H21NO3. The fourth-order valence-corrected chi connectivity index (χ4v) is 2.94. The number of fused-ring (bicyclic) bond motifs is 1. The van der Waals surface area contributed by atoms with Crippen molar-refractivity contribution in [2.24, 2.45) is 5.92 Å². The smallest absolute Gasteiger partial charge is 0.264 e. The highest BCUT2D eigenvalue weighted by Crippen LogP contribution is 2.32. The molecule has 1 aliphatic heterocycles. The molecule has 4 heteroatoms. The van der Waals surface area contributed by atoms with Gasteiger partial charge in [0.1, 0.15) is 11.5 Å². The number of nitrogens with zero attached hydrogens (tertiary/aromatic N) is 1. The largest absolute Gasteiger partial charge is 0.497 e. The third-order valence-corrected chi connectivity index (χ3v) is 4.05. The Morgan fingerprint density at radius 3 is 2.70 bits per heavy atom. The number of carbonyl (C=O) groups is 1. The average Bonchev–Trinajstić information content (AvgIpc) is 2.59. The van der Waals surface area contributed by atoms with Crippen LogP contribution in [0, 0.1) is 5.92 Å². The van der Waals surface area contributed by atoms with E-state index in [1.54, 1.807) is 7.11 Å². The lowest BCUT2D eigenvalue weighted by molar-refractivity contribution is -0.120. The summed E-state index contributed by atoms with van der Waals surface area (Å²) in [6.07, 6.45) is 0.954. The highest BCUT2D eigenvalue weighted by Gasteiger charge is 2.27. The maximum Gasteiger partial charge on any atom is 0.264 e. The van der Waals surface area contributed by atoms with Crippen LogP contribution >= 0.6 is 0 Å². The molecule has 0 saturated heterocycles. The van der Waals surface area contributed by atoms with E-state index in [-0.39, 0.29) is 12.5 Å². The van der Waals surface area contributed by atoms with E-state index in [1.807, 2.05) is 53.4 Å². The van der Waals surface area contributed by atoms with Crippen LogP contribution in [0.25, 0.3) is 0 Å². The number of hydrogen-bond acceptors (Lipinski definition) is 3. The summed E-state index contributed by atoms with van der Waals surface area (Å²) in [4.78, 5) is 14.4. The molecule has 0 bridgehead atoms. The van der Waals surface area contributed by atoms with Crippen LogP contribution in [0.2, 0.25) is 0 Å². The summed E-state index contributed by atoms with van der Waals surface area (Å²) in [5.74, 6) is 1.92. The molecule has 0 saturated carbocycles. The van der Waals surface area contributed by atoms with Crippen molar-refractivity contribution in [1.29, 1.82) is 0 Å². The van der Waals surface area contributed by atoms with Gasteiger partial charge in [-0.05, 0) is 48.2 Å². The molecule has 0 fully saturated rings. The Labute approximate surface area is 136 Å². The van der Waals surface area contributed by atoms with E-state index in [0.717, 1.165) is 30.0 Å². The van der Waals surface area contributed by atoms with Crippen LogP contribution in [-0.2, 0) is 11.2 Å². The summed E-state index contributed by atoms with van der Waals surface area (Å²) in [6.45, 7) is 2.92. The summed E-state index contributed by atoms with van der Waals surface area (Å²) in [5.41, 5.74) is 2.11. The number of para-hydroxylation sites is 1. The Morgan fingerprint density at radius 2 is 1.96 bits per heavy atom. The summed E-state index contributed by atoms with van der Waals surface area (Å²) < 4.78 is 10.9. The molecule has 4 nitrogen and oxygen atoms in total. The van der Waals surface area contributed by atoms with E-state index in [2.05, 4.69) is 6.92 Å². The maximum absolute atomic E-state index is 12.6. The van der Waals surface area contributed by atoms with E-state index >= 15 is 0 Å². The van der Waals surface area contributed by atoms with Gasteiger partial charge in [-0.1, -0.05) is 25.1 Å². The molecule has 1 aliphatic rings. The quantitative estimate of drug-likeness (QED) is 0.869. The first-order chi connectivity index (χ1) is 11.2. The van der Waals surface area contributed by atoms with E-state index in [9.17, 15) is 4.79 Å². The van der Waals surface area contributed by atoms with Crippen molar-refractivity contribution in [2.75, 3.05) is 25.2 Å². The molecule has 1 heterocycles. The number of hydrogen-bond donors (Lipinski definition) is 0. The lowest BCUT2D eigenvalue weighted by Crippen LogP contribution is -2.41. The predicted molar refractivity (Wildman–Crippen MR) is 90.2 cm³/mol. The third kappa shape index (κ3) is 3.47. The normalized spacial score (nSPS) is 16.6. The van der Waals surface area contributed by atoms with Crippen molar-refractivity contribution in [3.8, 4) is 11.5 Å². The van der Waals surface area contributed by atoms with Crippen molar-refractivity contribution in [2.45, 2.75) is 13.3 Å². The number of methoxy groups -OCH3 is 1. The molecule has 120 valence electrons. The van der Waals surface area contributed by atoms with Crippen molar-refractivity contribution < 1.29 is 14.3 Å². The molecule has 1 unspecified atom stereocenters. The second kappa shape index (κ2) is 6.73. The van der Waals surface area contributed by atoms with Gasteiger partial charge in [0.2, 0.25) is 0 Å². The van der Waals surface area contributed by atoms with Gasteiger partial charge >= 0.3 is 0 Å². The van der Waals surface area contributed by atoms with Crippen LogP contribution in [0.3, 0.4) is 0 Å². The topological polar surface area (TPSA) is 38.8 Å². The second-order valence-electron chi connectivity index (χ2n) is 5.91. The number of anilines is 1. The van der Waals surface area contributed by atoms with E-state index in [0.29, 0.717) is 11.7 Å². The van der Waals surface area contributed by atoms with Crippen molar-refractivity contribution in [3.05, 3.63) is 54.1 Å². The first kappa shape index (κ1) is 15.4. The highest BCUT2D eigenvalue weighted by molar-refractivity contribution is 5.95. The molecule has 0 N–H and O–H groups in total. The summed E-state index contributed by atoms with van der Waals surface area (Å²) in [6, 6.07) is 15.3. The molecule has 0 aliphatic carbocycles. The number of benzene rings is 2. The molecule has 23 heavy (non-hydrogen) atoms. The molecule has 0 aromatic heterocycles. The van der Waals surface area contributed by atoms with Crippen LogP contribution in [-0.4, -0.2) is 26.2 Å². The summed E-state index contributed by atoms with van der Waals surface area (Å²) in [7, 11) is 1.66. The molecule has 2 aromatic rings. The van der Waals surface area contributed by atoms with Gasteiger partial charge in [0, 0.05) is 12.2 Å². The predicted octanol–water partition coefficient (Wildman–Crippen LogP) is 3.30. The maximum atomic E-state index is 12.6. The van der Waals surface area contributed by atoms with Crippen LogP contribution in [0.1, 0.15) is 12.5 Å². The zero-order valence-electron chi connectivity index (χ0n) is 13.5. The van der Waals surface area contributed by atoms with Gasteiger partial charge in [0.15, 0.2) is 6.61 Å². The standard InChI is InChI=1S/C19H21NO3/c1-14-10-15-11-17(22-2)8-9-18(15)20(12-14)19(21)13-23-16-6-4-3-5-7-16/h3-9,11,14H,10,12-13H2,1-2H3. The Bertz CT molecular complexity index is 684. The zero-order chi connectivity index (χ0) is 16.2. The van der Waals surface area contributed by atoms with Crippen LogP contribution in [0.4, 0.5) is 5.69 Å². The molecule has 0 spiro atoms. The van der Waals surface area contributed by atoms with Gasteiger partial charge < -0.3 is 14.4 Å². The molecule has 1 atom stereocenters. The minimum Gasteiger partial charge on any atom is -0.497 e. The minimum atomic E-state index is -0.0215. The first-order valence-electron chi connectivity index (χ1n) is 7.82. The first-order valence-corrected chi connectivity index (χ1v) is 7.82. The van der Waals surface area contributed by atoms with Gasteiger partial charge in [0.05, 0.1) is 7.11 Å². The minimum absolute atomic E-state index is 0.0215. The summed E-state index contributed by atoms with van der Waals surface area (Å²) in [5, 5.41) is 0.